The van der Waals surface area contributed by atoms with Gasteiger partial charge in [-0.05, 0) is 62.2 Å². The first-order valence-corrected chi connectivity index (χ1v) is 10.5. The molecule has 29 heavy (non-hydrogen) atoms. The second-order valence-corrected chi connectivity index (χ2v) is 9.74. The molecule has 2 aromatic rings. The highest BCUT2D eigenvalue weighted by atomic mass is 32.2. The summed E-state index contributed by atoms with van der Waals surface area (Å²) in [5.41, 5.74) is 1.44. The molecule has 0 unspecified atom stereocenters. The van der Waals surface area contributed by atoms with Crippen LogP contribution in [-0.4, -0.2) is 50.2 Å². The van der Waals surface area contributed by atoms with Crippen LogP contribution in [0.5, 0.6) is 0 Å². The Balaban J connectivity index is 1.81. The quantitative estimate of drug-likeness (QED) is 0.803. The highest BCUT2D eigenvalue weighted by Gasteiger charge is 2.43. The molecule has 1 aliphatic heterocycles. The minimum atomic E-state index is -3.92. The van der Waals surface area contributed by atoms with Gasteiger partial charge in [0.25, 0.3) is 0 Å². The highest BCUT2D eigenvalue weighted by Crippen LogP contribution is 2.41. The van der Waals surface area contributed by atoms with Crippen LogP contribution in [0.4, 0.5) is 11.5 Å². The van der Waals surface area contributed by atoms with Crippen LogP contribution >= 0.6 is 0 Å². The summed E-state index contributed by atoms with van der Waals surface area (Å²) in [5.74, 6) is -0.229. The molecule has 0 saturated carbocycles. The summed E-state index contributed by atoms with van der Waals surface area (Å²) >= 11 is 0. The molecule has 1 aromatic carbocycles. The van der Waals surface area contributed by atoms with Crippen molar-refractivity contribution in [2.24, 2.45) is 0 Å². The number of rotatable bonds is 5. The number of carbonyl (C=O) groups is 2. The first-order chi connectivity index (χ1) is 13.4. The normalized spacial score (nSPS) is 15.5. The van der Waals surface area contributed by atoms with Gasteiger partial charge in [0.05, 0.1) is 16.9 Å². The number of likely N-dealkylation sites (N-methyl/N-ethyl adjacent to an activating group) is 2. The maximum atomic E-state index is 13.0. The van der Waals surface area contributed by atoms with Crippen molar-refractivity contribution >= 4 is 33.3 Å². The van der Waals surface area contributed by atoms with Gasteiger partial charge in [0.2, 0.25) is 21.8 Å². The third-order valence-electron chi connectivity index (χ3n) is 5.10. The molecule has 2 amide bonds. The molecule has 0 bridgehead atoms. The summed E-state index contributed by atoms with van der Waals surface area (Å²) in [7, 11) is -0.911. The monoisotopic (exact) mass is 416 g/mol. The SMILES string of the molecule is Cc1ccnc(NC(=O)CN(C)S(=O)(=O)c2ccc3c(c2)C(C)(C)C(=O)N3C)c1. The highest BCUT2D eigenvalue weighted by molar-refractivity contribution is 7.89. The van der Waals surface area contributed by atoms with Crippen molar-refractivity contribution in [3.8, 4) is 0 Å². The van der Waals surface area contributed by atoms with E-state index in [-0.39, 0.29) is 17.3 Å². The van der Waals surface area contributed by atoms with E-state index < -0.39 is 21.3 Å². The summed E-state index contributed by atoms with van der Waals surface area (Å²) in [6, 6.07) is 8.09. The minimum absolute atomic E-state index is 0.0383. The molecule has 2 heterocycles. The fraction of sp³-hybridized carbons (Fsp3) is 0.350. The molecule has 8 nitrogen and oxygen atoms in total. The number of anilines is 2. The number of aromatic nitrogens is 1. The largest absolute Gasteiger partial charge is 0.314 e. The zero-order valence-corrected chi connectivity index (χ0v) is 17.9. The molecule has 0 radical (unpaired) electrons. The van der Waals surface area contributed by atoms with E-state index in [9.17, 15) is 18.0 Å². The predicted molar refractivity (Wildman–Crippen MR) is 110 cm³/mol. The summed E-state index contributed by atoms with van der Waals surface area (Å²) in [5, 5.41) is 2.60. The van der Waals surface area contributed by atoms with Gasteiger partial charge < -0.3 is 10.2 Å². The summed E-state index contributed by atoms with van der Waals surface area (Å²) in [6.45, 7) is 5.03. The number of benzene rings is 1. The van der Waals surface area contributed by atoms with Crippen molar-refractivity contribution in [2.75, 3.05) is 30.9 Å². The second kappa shape index (κ2) is 7.23. The lowest BCUT2D eigenvalue weighted by molar-refractivity contribution is -0.121. The molecule has 1 aromatic heterocycles. The maximum absolute atomic E-state index is 13.0. The molecule has 1 N–H and O–H groups in total. The Morgan fingerprint density at radius 1 is 1.24 bits per heavy atom. The standard InChI is InChI=1S/C20H24N4O4S/c1-13-8-9-21-17(10-13)22-18(25)12-23(4)29(27,28)14-6-7-16-15(11-14)20(2,3)19(26)24(16)5/h6-11H,12H2,1-5H3,(H,21,22,25). The van der Waals surface area contributed by atoms with Gasteiger partial charge in [0, 0.05) is 26.0 Å². The number of nitrogens with one attached hydrogen (secondary N) is 1. The number of aryl methyl sites for hydroxylation is 1. The van der Waals surface area contributed by atoms with Gasteiger partial charge in [-0.25, -0.2) is 13.4 Å². The van der Waals surface area contributed by atoms with Crippen molar-refractivity contribution in [1.82, 2.24) is 9.29 Å². The Hall–Kier alpha value is -2.78. The first kappa shape index (κ1) is 20.9. The number of amides is 2. The topological polar surface area (TPSA) is 99.7 Å². The minimum Gasteiger partial charge on any atom is -0.314 e. The average molecular weight is 417 g/mol. The predicted octanol–water partition coefficient (Wildman–Crippen LogP) is 1.90. The molecule has 0 spiro atoms. The van der Waals surface area contributed by atoms with E-state index in [1.165, 1.54) is 24.1 Å². The number of hydrogen-bond acceptors (Lipinski definition) is 5. The van der Waals surface area contributed by atoms with E-state index in [1.54, 1.807) is 45.3 Å². The average Bonchev–Trinajstić information content (AvgIpc) is 2.82. The van der Waals surface area contributed by atoms with Gasteiger partial charge in [-0.15, -0.1) is 0 Å². The number of pyridine rings is 1. The summed E-state index contributed by atoms with van der Waals surface area (Å²) in [4.78, 5) is 30.3. The fourth-order valence-corrected chi connectivity index (χ4v) is 4.52. The van der Waals surface area contributed by atoms with Gasteiger partial charge in [-0.1, -0.05) is 0 Å². The molecule has 9 heteroatoms. The van der Waals surface area contributed by atoms with Gasteiger partial charge >= 0.3 is 0 Å². The number of fused-ring (bicyclic) bond motifs is 1. The zero-order valence-electron chi connectivity index (χ0n) is 17.1. The van der Waals surface area contributed by atoms with E-state index in [0.717, 1.165) is 9.87 Å². The van der Waals surface area contributed by atoms with Crippen LogP contribution in [0.3, 0.4) is 0 Å². The van der Waals surface area contributed by atoms with Crippen molar-refractivity contribution < 1.29 is 18.0 Å². The Morgan fingerprint density at radius 3 is 2.59 bits per heavy atom. The van der Waals surface area contributed by atoms with Crippen LogP contribution in [0.1, 0.15) is 25.0 Å². The molecule has 0 saturated heterocycles. The van der Waals surface area contributed by atoms with Crippen molar-refractivity contribution in [3.63, 3.8) is 0 Å². The number of sulfonamides is 1. The smallest absolute Gasteiger partial charge is 0.243 e. The summed E-state index contributed by atoms with van der Waals surface area (Å²) in [6.07, 6.45) is 1.57. The number of carbonyl (C=O) groups excluding carboxylic acids is 2. The number of hydrogen-bond donors (Lipinski definition) is 1. The van der Waals surface area contributed by atoms with E-state index in [4.69, 9.17) is 0 Å². The van der Waals surface area contributed by atoms with Crippen LogP contribution in [0.15, 0.2) is 41.4 Å². The third-order valence-corrected chi connectivity index (χ3v) is 6.90. The van der Waals surface area contributed by atoms with E-state index >= 15 is 0 Å². The summed E-state index contributed by atoms with van der Waals surface area (Å²) < 4.78 is 26.9. The Labute approximate surface area is 170 Å². The van der Waals surface area contributed by atoms with Gasteiger partial charge in [0.1, 0.15) is 5.82 Å². The van der Waals surface area contributed by atoms with Crippen molar-refractivity contribution in [1.29, 1.82) is 0 Å². The molecule has 1 aliphatic rings. The zero-order chi connectivity index (χ0) is 21.6. The van der Waals surface area contributed by atoms with Crippen LogP contribution in [-0.2, 0) is 25.0 Å². The Kier molecular flexibility index (Phi) is 5.22. The molecule has 0 atom stereocenters. The Morgan fingerprint density at radius 2 is 1.93 bits per heavy atom. The van der Waals surface area contributed by atoms with Gasteiger partial charge in [-0.2, -0.15) is 4.31 Å². The third kappa shape index (κ3) is 3.75. The van der Waals surface area contributed by atoms with Crippen molar-refractivity contribution in [3.05, 3.63) is 47.7 Å². The molecular weight excluding hydrogens is 392 g/mol. The van der Waals surface area contributed by atoms with Gasteiger partial charge in [0.15, 0.2) is 0 Å². The number of nitrogens with zero attached hydrogens (tertiary/aromatic N) is 3. The lowest BCUT2D eigenvalue weighted by Gasteiger charge is -2.19. The van der Waals surface area contributed by atoms with Crippen LogP contribution in [0, 0.1) is 6.92 Å². The van der Waals surface area contributed by atoms with Crippen molar-refractivity contribution in [2.45, 2.75) is 31.1 Å². The molecular formula is C20H24N4O4S. The second-order valence-electron chi connectivity index (χ2n) is 7.70. The van der Waals surface area contributed by atoms with E-state index in [0.29, 0.717) is 17.1 Å². The first-order valence-electron chi connectivity index (χ1n) is 9.06. The molecule has 0 aliphatic carbocycles. The Bertz CT molecular complexity index is 1100. The van der Waals surface area contributed by atoms with E-state index in [2.05, 4.69) is 10.3 Å². The molecule has 3 rings (SSSR count). The lowest BCUT2D eigenvalue weighted by Crippen LogP contribution is -2.35. The molecule has 0 fully saturated rings. The van der Waals surface area contributed by atoms with Gasteiger partial charge in [-0.3, -0.25) is 9.59 Å². The maximum Gasteiger partial charge on any atom is 0.243 e. The van der Waals surface area contributed by atoms with Crippen LogP contribution < -0.4 is 10.2 Å². The van der Waals surface area contributed by atoms with Crippen LogP contribution in [0.25, 0.3) is 0 Å². The van der Waals surface area contributed by atoms with Crippen LogP contribution in [0.2, 0.25) is 0 Å². The molecule has 154 valence electrons. The van der Waals surface area contributed by atoms with E-state index in [1.807, 2.05) is 6.92 Å². The fourth-order valence-electron chi connectivity index (χ4n) is 3.37. The lowest BCUT2D eigenvalue weighted by atomic mass is 9.86.